The zero-order chi connectivity index (χ0) is 15.5. The third-order valence-electron chi connectivity index (χ3n) is 3.82. The number of carbonyl (C=O) groups is 1. The summed E-state index contributed by atoms with van der Waals surface area (Å²) in [6.45, 7) is 6.38. The molecule has 0 atom stereocenters. The molecule has 0 fully saturated rings. The van der Waals surface area contributed by atoms with Gasteiger partial charge in [0.05, 0.1) is 30.8 Å². The summed E-state index contributed by atoms with van der Waals surface area (Å²) < 4.78 is 5.73. The minimum atomic E-state index is 0.0398. The van der Waals surface area contributed by atoms with E-state index >= 15 is 0 Å². The number of anilines is 2. The van der Waals surface area contributed by atoms with Crippen molar-refractivity contribution in [2.24, 2.45) is 0 Å². The van der Waals surface area contributed by atoms with Gasteiger partial charge in [0.25, 0.3) is 0 Å². The Bertz CT molecular complexity index is 654. The number of amides is 1. The van der Waals surface area contributed by atoms with Crippen molar-refractivity contribution in [2.75, 3.05) is 29.5 Å². The van der Waals surface area contributed by atoms with E-state index in [0.717, 1.165) is 35.9 Å². The van der Waals surface area contributed by atoms with Crippen LogP contribution in [0.3, 0.4) is 0 Å². The van der Waals surface area contributed by atoms with E-state index < -0.39 is 0 Å². The summed E-state index contributed by atoms with van der Waals surface area (Å²) in [6, 6.07) is 5.89. The largest absolute Gasteiger partial charge is 0.490 e. The third kappa shape index (κ3) is 2.77. The number of nitrogens with zero attached hydrogens (tertiary/aromatic N) is 3. The minimum absolute atomic E-state index is 0.0398. The Hall–Kier alpha value is -2.50. The third-order valence-corrected chi connectivity index (χ3v) is 3.82. The van der Waals surface area contributed by atoms with Crippen molar-refractivity contribution in [3.8, 4) is 5.75 Å². The normalized spacial score (nSPS) is 13.5. The average Bonchev–Trinajstić information content (AvgIpc) is 3.01. The lowest BCUT2D eigenvalue weighted by Gasteiger charge is -2.32. The van der Waals surface area contributed by atoms with Gasteiger partial charge in [-0.2, -0.15) is 0 Å². The van der Waals surface area contributed by atoms with Crippen molar-refractivity contribution in [3.05, 3.63) is 36.4 Å². The van der Waals surface area contributed by atoms with Crippen molar-refractivity contribution in [2.45, 2.75) is 20.4 Å². The number of benzene rings is 1. The van der Waals surface area contributed by atoms with Crippen LogP contribution in [0, 0.1) is 0 Å². The smallest absolute Gasteiger partial charge is 0.223 e. The molecule has 6 heteroatoms. The molecule has 0 aliphatic carbocycles. The van der Waals surface area contributed by atoms with Gasteiger partial charge >= 0.3 is 0 Å². The number of aromatic nitrogens is 2. The second kappa shape index (κ2) is 6.09. The predicted octanol–water partition coefficient (Wildman–Crippen LogP) is 2.18. The van der Waals surface area contributed by atoms with Gasteiger partial charge in [0, 0.05) is 25.4 Å². The molecule has 1 aromatic carbocycles. The molecule has 116 valence electrons. The molecule has 2 heterocycles. The molecule has 22 heavy (non-hydrogen) atoms. The molecular weight excluding hydrogens is 280 g/mol. The van der Waals surface area contributed by atoms with E-state index in [9.17, 15) is 4.79 Å². The van der Waals surface area contributed by atoms with E-state index in [4.69, 9.17) is 4.74 Å². The van der Waals surface area contributed by atoms with Gasteiger partial charge in [-0.3, -0.25) is 4.79 Å². The summed E-state index contributed by atoms with van der Waals surface area (Å²) in [5.41, 5.74) is 2.88. The van der Waals surface area contributed by atoms with Crippen LogP contribution in [-0.4, -0.2) is 35.6 Å². The molecule has 3 rings (SSSR count). The number of H-pyrrole nitrogens is 1. The van der Waals surface area contributed by atoms with Gasteiger partial charge in [0.2, 0.25) is 5.91 Å². The first-order valence-electron chi connectivity index (χ1n) is 7.46. The Morgan fingerprint density at radius 1 is 1.50 bits per heavy atom. The lowest BCUT2D eigenvalue weighted by Crippen LogP contribution is -2.33. The maximum absolute atomic E-state index is 11.7. The molecule has 0 bridgehead atoms. The van der Waals surface area contributed by atoms with Crippen LogP contribution in [0.15, 0.2) is 30.7 Å². The van der Waals surface area contributed by atoms with Crippen LogP contribution in [0.1, 0.15) is 19.5 Å². The van der Waals surface area contributed by atoms with Crippen molar-refractivity contribution in [1.82, 2.24) is 9.97 Å². The summed E-state index contributed by atoms with van der Waals surface area (Å²) in [5.74, 6) is 0.892. The fourth-order valence-corrected chi connectivity index (χ4v) is 2.75. The number of aromatic amines is 1. The highest BCUT2D eigenvalue weighted by atomic mass is 16.5. The topological polar surface area (TPSA) is 61.5 Å². The minimum Gasteiger partial charge on any atom is -0.490 e. The average molecular weight is 300 g/mol. The molecule has 2 aromatic rings. The number of carbonyl (C=O) groups excluding carboxylic acids is 1. The highest BCUT2D eigenvalue weighted by Gasteiger charge is 2.21. The van der Waals surface area contributed by atoms with Gasteiger partial charge in [-0.25, -0.2) is 4.98 Å². The zero-order valence-electron chi connectivity index (χ0n) is 12.9. The van der Waals surface area contributed by atoms with Crippen LogP contribution < -0.4 is 14.5 Å². The van der Waals surface area contributed by atoms with E-state index in [0.29, 0.717) is 13.2 Å². The van der Waals surface area contributed by atoms with Crippen molar-refractivity contribution >= 4 is 17.3 Å². The number of hydrogen-bond acceptors (Lipinski definition) is 4. The number of fused-ring (bicyclic) bond motifs is 1. The fourth-order valence-electron chi connectivity index (χ4n) is 2.75. The molecule has 1 N–H and O–H groups in total. The van der Waals surface area contributed by atoms with Crippen LogP contribution in [-0.2, 0) is 11.3 Å². The molecular formula is C16H20N4O2. The summed E-state index contributed by atoms with van der Waals surface area (Å²) in [6.07, 6.45) is 3.58. The molecule has 1 amide bonds. The molecule has 0 radical (unpaired) electrons. The van der Waals surface area contributed by atoms with Gasteiger partial charge in [-0.15, -0.1) is 0 Å². The van der Waals surface area contributed by atoms with E-state index in [1.165, 1.54) is 0 Å². The maximum atomic E-state index is 11.7. The predicted molar refractivity (Wildman–Crippen MR) is 85.3 cm³/mol. The highest BCUT2D eigenvalue weighted by molar-refractivity contribution is 5.92. The zero-order valence-corrected chi connectivity index (χ0v) is 12.9. The van der Waals surface area contributed by atoms with Gasteiger partial charge in [-0.05, 0) is 25.1 Å². The summed E-state index contributed by atoms with van der Waals surface area (Å²) in [7, 11) is 0. The van der Waals surface area contributed by atoms with E-state index in [-0.39, 0.29) is 5.91 Å². The van der Waals surface area contributed by atoms with Crippen LogP contribution in [0.4, 0.5) is 11.4 Å². The summed E-state index contributed by atoms with van der Waals surface area (Å²) in [4.78, 5) is 23.0. The second-order valence-electron chi connectivity index (χ2n) is 5.25. The maximum Gasteiger partial charge on any atom is 0.223 e. The Labute approximate surface area is 129 Å². The fraction of sp³-hybridized carbons (Fsp3) is 0.375. The quantitative estimate of drug-likeness (QED) is 0.940. The van der Waals surface area contributed by atoms with E-state index in [1.54, 1.807) is 18.2 Å². The monoisotopic (exact) mass is 300 g/mol. The first kappa shape index (κ1) is 14.4. The molecule has 0 spiro atoms. The van der Waals surface area contributed by atoms with Crippen LogP contribution in [0.5, 0.6) is 5.75 Å². The van der Waals surface area contributed by atoms with Gasteiger partial charge in [-0.1, -0.05) is 0 Å². The molecule has 0 unspecified atom stereocenters. The highest BCUT2D eigenvalue weighted by Crippen LogP contribution is 2.36. The van der Waals surface area contributed by atoms with Crippen molar-refractivity contribution in [1.29, 1.82) is 0 Å². The van der Waals surface area contributed by atoms with E-state index in [1.807, 2.05) is 31.3 Å². The first-order chi connectivity index (χ1) is 10.7. The Kier molecular flexibility index (Phi) is 4.00. The number of hydrogen-bond donors (Lipinski definition) is 1. The first-order valence-corrected chi connectivity index (χ1v) is 7.46. The second-order valence-corrected chi connectivity index (χ2v) is 5.25. The number of ether oxygens (including phenoxy) is 1. The van der Waals surface area contributed by atoms with Crippen molar-refractivity contribution < 1.29 is 9.53 Å². The van der Waals surface area contributed by atoms with Gasteiger partial charge < -0.3 is 19.5 Å². The number of rotatable bonds is 4. The van der Waals surface area contributed by atoms with Gasteiger partial charge in [0.15, 0.2) is 0 Å². The molecule has 0 saturated heterocycles. The number of nitrogens with one attached hydrogen (secondary N) is 1. The summed E-state index contributed by atoms with van der Waals surface area (Å²) >= 11 is 0. The van der Waals surface area contributed by atoms with Gasteiger partial charge in [0.1, 0.15) is 12.4 Å². The molecule has 0 saturated carbocycles. The Balaban J connectivity index is 1.92. The molecule has 1 aliphatic rings. The SMILES string of the molecule is CCN(C(C)=O)c1ccc2c(c1)N(Cc1c[nH]cn1)CCO2. The lowest BCUT2D eigenvalue weighted by molar-refractivity contribution is -0.116. The van der Waals surface area contributed by atoms with Crippen LogP contribution in [0.2, 0.25) is 0 Å². The molecule has 1 aliphatic heterocycles. The Morgan fingerprint density at radius 3 is 3.05 bits per heavy atom. The Morgan fingerprint density at radius 2 is 2.36 bits per heavy atom. The van der Waals surface area contributed by atoms with Crippen LogP contribution >= 0.6 is 0 Å². The summed E-state index contributed by atoms with van der Waals surface area (Å²) in [5, 5.41) is 0. The standard InChI is InChI=1S/C16H20N4O2/c1-3-20(12(2)21)14-4-5-16-15(8-14)19(6-7-22-16)10-13-9-17-11-18-13/h4-5,8-9,11H,3,6-7,10H2,1-2H3,(H,17,18). The van der Waals surface area contributed by atoms with E-state index in [2.05, 4.69) is 14.9 Å². The molecule has 6 nitrogen and oxygen atoms in total. The van der Waals surface area contributed by atoms with Crippen molar-refractivity contribution in [3.63, 3.8) is 0 Å². The lowest BCUT2D eigenvalue weighted by atomic mass is 10.2. The molecule has 1 aromatic heterocycles. The number of imidazole rings is 1. The van der Waals surface area contributed by atoms with Crippen LogP contribution in [0.25, 0.3) is 0 Å².